The van der Waals surface area contributed by atoms with Crippen molar-refractivity contribution in [3.63, 3.8) is 0 Å². The van der Waals surface area contributed by atoms with E-state index in [1.165, 1.54) is 13.8 Å². The molecule has 0 spiro atoms. The molecular weight excluding hydrogens is 652 g/mol. The first-order valence-electron chi connectivity index (χ1n) is 15.8. The number of aryl methyl sites for hydroxylation is 1. The van der Waals surface area contributed by atoms with Gasteiger partial charge in [-0.25, -0.2) is 4.79 Å². The van der Waals surface area contributed by atoms with E-state index in [2.05, 4.69) is 26.1 Å². The fraction of sp³-hybridized carbons (Fsp3) is 0.361. The van der Waals surface area contributed by atoms with Gasteiger partial charge in [-0.2, -0.15) is 0 Å². The highest BCUT2D eigenvalue weighted by Gasteiger charge is 2.53. The summed E-state index contributed by atoms with van der Waals surface area (Å²) < 4.78 is 21.9. The number of pyridine rings is 1. The zero-order valence-corrected chi connectivity index (χ0v) is 28.2. The minimum atomic E-state index is -1.10. The lowest BCUT2D eigenvalue weighted by Gasteiger charge is -2.47. The summed E-state index contributed by atoms with van der Waals surface area (Å²) in [5.41, 5.74) is 2.51. The first-order valence-corrected chi connectivity index (χ1v) is 16.2. The molecule has 3 aromatic rings. The fourth-order valence-electron chi connectivity index (χ4n) is 6.29. The molecule has 0 fully saturated rings. The Labute approximate surface area is 288 Å². The Bertz CT molecular complexity index is 1770. The molecule has 2 aromatic heterocycles. The number of nitrogens with zero attached hydrogens (tertiary/aromatic N) is 4. The van der Waals surface area contributed by atoms with E-state index in [4.69, 9.17) is 25.8 Å². The predicted molar refractivity (Wildman–Crippen MR) is 178 cm³/mol. The second-order valence-corrected chi connectivity index (χ2v) is 12.5. The van der Waals surface area contributed by atoms with Crippen LogP contribution in [0.2, 0.25) is 0 Å². The third kappa shape index (κ3) is 8.69. The lowest BCUT2D eigenvalue weighted by atomic mass is 9.56. The molecule has 0 unspecified atom stereocenters. The van der Waals surface area contributed by atoms with E-state index in [1.54, 1.807) is 36.7 Å². The van der Waals surface area contributed by atoms with Gasteiger partial charge in [-0.05, 0) is 67.9 Å². The van der Waals surface area contributed by atoms with Crippen molar-refractivity contribution >= 4 is 40.5 Å². The summed E-state index contributed by atoms with van der Waals surface area (Å²) in [6.07, 6.45) is 15.3. The van der Waals surface area contributed by atoms with Crippen LogP contribution in [-0.4, -0.2) is 57.4 Å². The van der Waals surface area contributed by atoms with Gasteiger partial charge in [-0.1, -0.05) is 58.8 Å². The van der Waals surface area contributed by atoms with Crippen LogP contribution < -0.4 is 0 Å². The summed E-state index contributed by atoms with van der Waals surface area (Å²) in [7, 11) is 0. The Morgan fingerprint density at radius 1 is 1.00 bits per heavy atom. The molecule has 0 amide bonds. The van der Waals surface area contributed by atoms with Crippen LogP contribution in [0.3, 0.4) is 0 Å². The van der Waals surface area contributed by atoms with Gasteiger partial charge in [0.15, 0.2) is 0 Å². The number of carbonyl (C=O) groups is 4. The van der Waals surface area contributed by atoms with Gasteiger partial charge in [0, 0.05) is 49.3 Å². The summed E-state index contributed by atoms with van der Waals surface area (Å²) in [5, 5.41) is 8.95. The van der Waals surface area contributed by atoms with E-state index in [0.717, 1.165) is 23.3 Å². The van der Waals surface area contributed by atoms with E-state index in [-0.39, 0.29) is 17.4 Å². The summed E-state index contributed by atoms with van der Waals surface area (Å²) >= 11 is 6.87. The largest absolute Gasteiger partial charge is 0.428 e. The van der Waals surface area contributed by atoms with Crippen LogP contribution in [-0.2, 0) is 39.9 Å². The molecule has 0 bridgehead atoms. The second-order valence-electron chi connectivity index (χ2n) is 12.1. The second kappa shape index (κ2) is 15.9. The zero-order chi connectivity index (χ0) is 35.0. The highest BCUT2D eigenvalue weighted by molar-refractivity contribution is 6.48. The number of hydrogen-bond acceptors (Lipinski definition) is 11. The number of rotatable bonds is 12. The topological polar surface area (TPSA) is 149 Å². The molecule has 0 N–H and O–H groups in total. The Morgan fingerprint density at radius 2 is 1.71 bits per heavy atom. The van der Waals surface area contributed by atoms with Crippen LogP contribution in [0.25, 0.3) is 16.3 Å². The van der Waals surface area contributed by atoms with Gasteiger partial charge in [0.25, 0.3) is 0 Å². The maximum absolute atomic E-state index is 14.0. The molecule has 0 saturated heterocycles. The minimum Gasteiger partial charge on any atom is -0.428 e. The quantitative estimate of drug-likeness (QED) is 0.127. The SMILES string of the molecule is CC(=O)OCOC(=O)c1ccc(/C(Cl)=C/[C@@H]2C=C(C)C[C@H]3C[C@H](CCn4cc(-c5cccnc5)nn4)C=C[C@]32C(=O)OCOC(C)=O)cc1. The van der Waals surface area contributed by atoms with Crippen molar-refractivity contribution in [2.45, 2.75) is 46.6 Å². The third-order valence-electron chi connectivity index (χ3n) is 8.70. The maximum Gasteiger partial charge on any atom is 0.340 e. The van der Waals surface area contributed by atoms with Crippen LogP contribution in [0.1, 0.15) is 56.0 Å². The number of carbonyl (C=O) groups excluding carboxylic acids is 4. The number of esters is 4. The first kappa shape index (κ1) is 35.2. The standard InChI is InChI=1S/C36H37ClN4O8/c1-23-15-30-17-26(11-14-41-20-33(39-40-41)29-5-4-13-38-19-29)10-12-36(30,35(45)49-22-47-25(3)43)31(16-23)18-32(37)27-6-8-28(9-7-27)34(44)48-21-46-24(2)42/h4-10,12-13,16,18-20,26,30-31H,11,14-15,17,21-22H2,1-3H3/b32-18-/t26-,30-,31-,36-/m0/s1. The number of allylic oxidation sites excluding steroid dienone is 4. The van der Waals surface area contributed by atoms with E-state index < -0.39 is 48.8 Å². The molecule has 0 saturated carbocycles. The number of benzene rings is 1. The highest BCUT2D eigenvalue weighted by atomic mass is 35.5. The van der Waals surface area contributed by atoms with Crippen molar-refractivity contribution in [2.24, 2.45) is 23.2 Å². The summed E-state index contributed by atoms with van der Waals surface area (Å²) in [5.74, 6) is -2.73. The van der Waals surface area contributed by atoms with Gasteiger partial charge in [0.1, 0.15) is 5.69 Å². The van der Waals surface area contributed by atoms with Gasteiger partial charge in [0.05, 0.1) is 17.2 Å². The van der Waals surface area contributed by atoms with Gasteiger partial charge < -0.3 is 18.9 Å². The van der Waals surface area contributed by atoms with Crippen molar-refractivity contribution in [1.82, 2.24) is 20.0 Å². The molecule has 5 rings (SSSR count). The predicted octanol–water partition coefficient (Wildman–Crippen LogP) is 5.90. The smallest absolute Gasteiger partial charge is 0.340 e. The number of ether oxygens (including phenoxy) is 4. The maximum atomic E-state index is 14.0. The van der Waals surface area contributed by atoms with E-state index in [0.29, 0.717) is 30.0 Å². The number of fused-ring (bicyclic) bond motifs is 1. The number of halogens is 1. The molecule has 12 nitrogen and oxygen atoms in total. The highest BCUT2D eigenvalue weighted by Crippen LogP contribution is 2.53. The Morgan fingerprint density at radius 3 is 2.41 bits per heavy atom. The summed E-state index contributed by atoms with van der Waals surface area (Å²) in [6, 6.07) is 10.2. The molecule has 0 radical (unpaired) electrons. The monoisotopic (exact) mass is 688 g/mol. The molecule has 49 heavy (non-hydrogen) atoms. The molecule has 4 atom stereocenters. The first-order chi connectivity index (χ1) is 23.5. The van der Waals surface area contributed by atoms with Gasteiger partial charge in [-0.3, -0.25) is 24.0 Å². The molecular formula is C36H37ClN4O8. The van der Waals surface area contributed by atoms with Crippen LogP contribution in [0, 0.1) is 23.2 Å². The Balaban J connectivity index is 1.36. The Hall–Kier alpha value is -5.10. The van der Waals surface area contributed by atoms with Crippen molar-refractivity contribution < 1.29 is 38.1 Å². The van der Waals surface area contributed by atoms with Crippen LogP contribution in [0.4, 0.5) is 0 Å². The van der Waals surface area contributed by atoms with Crippen molar-refractivity contribution in [1.29, 1.82) is 0 Å². The summed E-state index contributed by atoms with van der Waals surface area (Å²) in [4.78, 5) is 52.8. The van der Waals surface area contributed by atoms with Crippen LogP contribution in [0.15, 0.2) is 84.9 Å². The van der Waals surface area contributed by atoms with E-state index in [9.17, 15) is 19.2 Å². The Kier molecular flexibility index (Phi) is 11.4. The van der Waals surface area contributed by atoms with Crippen molar-refractivity contribution in [2.75, 3.05) is 13.6 Å². The molecule has 2 heterocycles. The van der Waals surface area contributed by atoms with Gasteiger partial charge >= 0.3 is 23.9 Å². The molecule has 0 aliphatic heterocycles. The molecule has 2 aliphatic rings. The molecule has 13 heteroatoms. The zero-order valence-electron chi connectivity index (χ0n) is 27.4. The van der Waals surface area contributed by atoms with Gasteiger partial charge in [0.2, 0.25) is 13.6 Å². The lowest BCUT2D eigenvalue weighted by Crippen LogP contribution is -2.48. The van der Waals surface area contributed by atoms with E-state index >= 15 is 0 Å². The molecule has 2 aliphatic carbocycles. The van der Waals surface area contributed by atoms with Crippen molar-refractivity contribution in [3.05, 3.63) is 96.0 Å². The fourth-order valence-corrected chi connectivity index (χ4v) is 6.55. The van der Waals surface area contributed by atoms with Crippen LogP contribution >= 0.6 is 11.6 Å². The van der Waals surface area contributed by atoms with Crippen LogP contribution in [0.5, 0.6) is 0 Å². The molecule has 1 aromatic carbocycles. The van der Waals surface area contributed by atoms with Crippen molar-refractivity contribution in [3.8, 4) is 11.3 Å². The average molecular weight is 689 g/mol. The number of aromatic nitrogens is 4. The third-order valence-corrected chi connectivity index (χ3v) is 9.04. The van der Waals surface area contributed by atoms with Gasteiger partial charge in [-0.15, -0.1) is 5.10 Å². The molecule has 256 valence electrons. The average Bonchev–Trinajstić information content (AvgIpc) is 3.56. The minimum absolute atomic E-state index is 0.126. The lowest BCUT2D eigenvalue weighted by molar-refractivity contribution is -0.176. The normalized spacial score (nSPS) is 21.6. The number of hydrogen-bond donors (Lipinski definition) is 0. The van der Waals surface area contributed by atoms with E-state index in [1.807, 2.05) is 48.2 Å². The summed E-state index contributed by atoms with van der Waals surface area (Å²) in [6.45, 7) is 4.15.